The number of unbranched alkanes of at least 4 members (excludes halogenated alkanes) is 2. The molecule has 0 aromatic carbocycles. The lowest BCUT2D eigenvalue weighted by atomic mass is 10.0. The van der Waals surface area contributed by atoms with Gasteiger partial charge in [-0.05, 0) is 13.3 Å². The van der Waals surface area contributed by atoms with Crippen molar-refractivity contribution in [2.24, 2.45) is 11.7 Å². The first kappa shape index (κ1) is 9.47. The van der Waals surface area contributed by atoms with Gasteiger partial charge in [0.1, 0.15) is 0 Å². The summed E-state index contributed by atoms with van der Waals surface area (Å²) in [5, 5.41) is 0. The summed E-state index contributed by atoms with van der Waals surface area (Å²) in [6, 6.07) is 0. The smallest absolute Gasteiger partial charge is 0.220 e. The average Bonchev–Trinajstić information content (AvgIpc) is 1.88. The van der Waals surface area contributed by atoms with Crippen LogP contribution in [0.5, 0.6) is 0 Å². The van der Waals surface area contributed by atoms with Crippen LogP contribution in [0.2, 0.25) is 0 Å². The molecule has 0 aromatic heterocycles. The zero-order chi connectivity index (χ0) is 7.98. The van der Waals surface area contributed by atoms with Gasteiger partial charge in [-0.2, -0.15) is 0 Å². The van der Waals surface area contributed by atoms with Gasteiger partial charge in [0.05, 0.1) is 0 Å². The zero-order valence-corrected chi connectivity index (χ0v) is 6.60. The topological polar surface area (TPSA) is 43.1 Å². The molecule has 0 aromatic rings. The van der Waals surface area contributed by atoms with Crippen LogP contribution >= 0.6 is 0 Å². The van der Waals surface area contributed by atoms with Gasteiger partial charge in [0.25, 0.3) is 0 Å². The second-order valence-electron chi connectivity index (χ2n) is 2.60. The molecule has 0 saturated heterocycles. The van der Waals surface area contributed by atoms with E-state index >= 15 is 0 Å². The Morgan fingerprint density at radius 3 is 2.60 bits per heavy atom. The molecule has 0 fully saturated rings. The number of hydrogen-bond donors (Lipinski definition) is 1. The predicted molar refractivity (Wildman–Crippen MR) is 42.2 cm³/mol. The Morgan fingerprint density at radius 1 is 1.60 bits per heavy atom. The molecule has 0 spiro atoms. The van der Waals surface area contributed by atoms with Crippen molar-refractivity contribution in [2.75, 3.05) is 0 Å². The molecular weight excluding hydrogens is 126 g/mol. The molecule has 0 rings (SSSR count). The van der Waals surface area contributed by atoms with E-state index in [1.54, 1.807) is 0 Å². The Balaban J connectivity index is 3.21. The van der Waals surface area contributed by atoms with Gasteiger partial charge >= 0.3 is 0 Å². The van der Waals surface area contributed by atoms with E-state index in [4.69, 9.17) is 5.73 Å². The fourth-order valence-corrected chi connectivity index (χ4v) is 0.783. The number of primary amides is 1. The summed E-state index contributed by atoms with van der Waals surface area (Å²) in [5.41, 5.74) is 5.02. The summed E-state index contributed by atoms with van der Waals surface area (Å²) < 4.78 is 0. The van der Waals surface area contributed by atoms with E-state index < -0.39 is 0 Å². The van der Waals surface area contributed by atoms with Crippen molar-refractivity contribution in [3.63, 3.8) is 0 Å². The van der Waals surface area contributed by atoms with Crippen molar-refractivity contribution in [2.45, 2.75) is 32.6 Å². The number of nitrogens with two attached hydrogens (primary N) is 1. The van der Waals surface area contributed by atoms with Crippen LogP contribution in [-0.4, -0.2) is 5.91 Å². The lowest BCUT2D eigenvalue weighted by Crippen LogP contribution is -2.20. The molecule has 0 aliphatic rings. The van der Waals surface area contributed by atoms with Crippen molar-refractivity contribution in [1.82, 2.24) is 0 Å². The molecule has 2 nitrogen and oxygen atoms in total. The number of hydrogen-bond acceptors (Lipinski definition) is 1. The fraction of sp³-hybridized carbons (Fsp3) is 0.750. The monoisotopic (exact) mass is 142 g/mol. The van der Waals surface area contributed by atoms with Gasteiger partial charge in [0, 0.05) is 5.92 Å². The molecule has 0 saturated carbocycles. The van der Waals surface area contributed by atoms with Gasteiger partial charge in [-0.15, -0.1) is 0 Å². The Morgan fingerprint density at radius 2 is 2.20 bits per heavy atom. The number of amides is 1. The fourth-order valence-electron chi connectivity index (χ4n) is 0.783. The molecule has 0 heterocycles. The van der Waals surface area contributed by atoms with Crippen LogP contribution in [0.25, 0.3) is 0 Å². The van der Waals surface area contributed by atoms with E-state index in [0.717, 1.165) is 12.8 Å². The van der Waals surface area contributed by atoms with Crippen LogP contribution in [0.4, 0.5) is 0 Å². The van der Waals surface area contributed by atoms with E-state index in [1.807, 2.05) is 0 Å². The minimum absolute atomic E-state index is 0.188. The van der Waals surface area contributed by atoms with Gasteiger partial charge in [-0.3, -0.25) is 4.79 Å². The van der Waals surface area contributed by atoms with E-state index in [2.05, 4.69) is 13.8 Å². The normalized spacial score (nSPS) is 13.0. The van der Waals surface area contributed by atoms with Crippen molar-refractivity contribution in [1.29, 1.82) is 0 Å². The summed E-state index contributed by atoms with van der Waals surface area (Å²) in [4.78, 5) is 10.5. The van der Waals surface area contributed by atoms with Crippen LogP contribution in [0.1, 0.15) is 32.6 Å². The van der Waals surface area contributed by atoms with Gasteiger partial charge in [0.15, 0.2) is 0 Å². The van der Waals surface area contributed by atoms with Crippen LogP contribution in [0, 0.1) is 12.8 Å². The molecule has 0 aliphatic heterocycles. The summed E-state index contributed by atoms with van der Waals surface area (Å²) in [6.45, 7) is 5.76. The molecule has 1 atom stereocenters. The maximum Gasteiger partial charge on any atom is 0.220 e. The van der Waals surface area contributed by atoms with Gasteiger partial charge in [-0.25, -0.2) is 0 Å². The highest BCUT2D eigenvalue weighted by Crippen LogP contribution is 2.07. The molecule has 2 heteroatoms. The lowest BCUT2D eigenvalue weighted by Gasteiger charge is -2.04. The molecule has 1 amide bonds. The Bertz CT molecular complexity index is 101. The number of carbonyl (C=O) groups excluding carboxylic acids is 1. The predicted octanol–water partition coefficient (Wildman–Crippen LogP) is 1.50. The van der Waals surface area contributed by atoms with Crippen LogP contribution < -0.4 is 5.73 Å². The molecule has 1 radical (unpaired) electrons. The summed E-state index contributed by atoms with van der Waals surface area (Å²) in [5.74, 6) is -0.470. The molecule has 59 valence electrons. The first-order valence-corrected chi connectivity index (χ1v) is 3.81. The third kappa shape index (κ3) is 4.36. The summed E-state index contributed by atoms with van der Waals surface area (Å²) in [6.07, 6.45) is 4.24. The highest BCUT2D eigenvalue weighted by molar-refractivity contribution is 5.77. The second kappa shape index (κ2) is 5.27. The first-order valence-electron chi connectivity index (χ1n) is 3.81. The van der Waals surface area contributed by atoms with E-state index in [1.165, 1.54) is 12.8 Å². The third-order valence-corrected chi connectivity index (χ3v) is 1.56. The van der Waals surface area contributed by atoms with Crippen molar-refractivity contribution < 1.29 is 4.79 Å². The van der Waals surface area contributed by atoms with Crippen molar-refractivity contribution >= 4 is 5.91 Å². The maximum absolute atomic E-state index is 10.5. The summed E-state index contributed by atoms with van der Waals surface area (Å²) >= 11 is 0. The molecule has 2 N–H and O–H groups in total. The van der Waals surface area contributed by atoms with Gasteiger partial charge in [-0.1, -0.05) is 26.2 Å². The van der Waals surface area contributed by atoms with E-state index in [-0.39, 0.29) is 11.8 Å². The minimum Gasteiger partial charge on any atom is -0.369 e. The summed E-state index contributed by atoms with van der Waals surface area (Å²) in [7, 11) is 0. The van der Waals surface area contributed by atoms with Gasteiger partial charge in [0.2, 0.25) is 5.91 Å². The highest BCUT2D eigenvalue weighted by atomic mass is 16.1. The molecule has 0 aliphatic carbocycles. The van der Waals surface area contributed by atoms with Crippen molar-refractivity contribution in [3.05, 3.63) is 6.92 Å². The standard InChI is InChI=1S/C8H16NO/c1-3-4-5-6-7(2)8(9)10/h7H,2-6H2,1H3,(H2,9,10). The Labute approximate surface area is 62.8 Å². The van der Waals surface area contributed by atoms with E-state index in [9.17, 15) is 4.79 Å². The lowest BCUT2D eigenvalue weighted by molar-refractivity contribution is -0.120. The molecular formula is C8H16NO. The average molecular weight is 142 g/mol. The highest BCUT2D eigenvalue weighted by Gasteiger charge is 2.06. The Hall–Kier alpha value is -0.530. The number of carbonyl (C=O) groups is 1. The molecule has 1 unspecified atom stereocenters. The van der Waals surface area contributed by atoms with Gasteiger partial charge < -0.3 is 5.73 Å². The molecule has 0 bridgehead atoms. The largest absolute Gasteiger partial charge is 0.369 e. The Kier molecular flexibility index (Phi) is 4.99. The van der Waals surface area contributed by atoms with Crippen LogP contribution in [0.3, 0.4) is 0 Å². The van der Waals surface area contributed by atoms with Crippen molar-refractivity contribution in [3.8, 4) is 0 Å². The first-order chi connectivity index (χ1) is 4.68. The van der Waals surface area contributed by atoms with Crippen LogP contribution in [-0.2, 0) is 4.79 Å². The minimum atomic E-state index is -0.281. The van der Waals surface area contributed by atoms with E-state index in [0.29, 0.717) is 0 Å². The second-order valence-corrected chi connectivity index (χ2v) is 2.60. The SMILES string of the molecule is [CH2]C(CCCCC)C(N)=O. The van der Waals surface area contributed by atoms with Crippen LogP contribution in [0.15, 0.2) is 0 Å². The third-order valence-electron chi connectivity index (χ3n) is 1.56. The molecule has 10 heavy (non-hydrogen) atoms. The number of rotatable bonds is 5. The quantitative estimate of drug-likeness (QED) is 0.581. The zero-order valence-electron chi connectivity index (χ0n) is 6.60. The maximum atomic E-state index is 10.5.